The van der Waals surface area contributed by atoms with Gasteiger partial charge < -0.3 is 18.9 Å². The Bertz CT molecular complexity index is 1330. The van der Waals surface area contributed by atoms with E-state index in [0.717, 1.165) is 10.0 Å². The number of anilines is 1. The van der Waals surface area contributed by atoms with Crippen molar-refractivity contribution in [3.8, 4) is 0 Å². The molecule has 0 radical (unpaired) electrons. The highest BCUT2D eigenvalue weighted by Crippen LogP contribution is 2.49. The minimum atomic E-state index is -0.986. The van der Waals surface area contributed by atoms with Gasteiger partial charge in [-0.05, 0) is 56.7 Å². The lowest BCUT2D eigenvalue weighted by Gasteiger charge is -2.33. The van der Waals surface area contributed by atoms with E-state index < -0.39 is 54.0 Å². The van der Waals surface area contributed by atoms with Crippen molar-refractivity contribution >= 4 is 39.4 Å². The number of hydrogen-bond acceptors (Lipinski definition) is 8. The maximum atomic E-state index is 14.1. The van der Waals surface area contributed by atoms with Crippen LogP contribution in [-0.4, -0.2) is 59.6 Å². The standard InChI is InChI=1S/C29H29BrN2O7/c1-4-36-27(35)24-22-21(25(33)32(26(22)34)18-12-10-17(30)11-13-18)23(31(24)15-16-8-6-5-7-9-16)19-14-20-28(37-19)39-29(2,3)38-20/h5-14,20-24,28H,4,15H2,1-3H3/t20-,21?,22?,23+,24-,28-/m1/s1. The van der Waals surface area contributed by atoms with Gasteiger partial charge in [-0.2, -0.15) is 0 Å². The number of esters is 1. The number of likely N-dealkylation sites (tertiary alicyclic amines) is 1. The maximum absolute atomic E-state index is 14.1. The first-order valence-electron chi connectivity index (χ1n) is 13.0. The molecule has 3 saturated heterocycles. The fourth-order valence-electron chi connectivity index (χ4n) is 6.11. The van der Waals surface area contributed by atoms with Crippen LogP contribution in [0, 0.1) is 11.8 Å². The van der Waals surface area contributed by atoms with E-state index in [1.807, 2.05) is 55.2 Å². The molecule has 6 atom stereocenters. The second-order valence-electron chi connectivity index (χ2n) is 10.5. The molecule has 0 spiro atoms. The number of benzene rings is 2. The van der Waals surface area contributed by atoms with Crippen molar-refractivity contribution in [2.75, 3.05) is 11.5 Å². The summed E-state index contributed by atoms with van der Waals surface area (Å²) in [6.07, 6.45) is 0.666. The first kappa shape index (κ1) is 26.2. The van der Waals surface area contributed by atoms with Crippen LogP contribution in [-0.2, 0) is 39.9 Å². The van der Waals surface area contributed by atoms with Gasteiger partial charge in [-0.15, -0.1) is 0 Å². The molecule has 4 aliphatic heterocycles. The maximum Gasteiger partial charge on any atom is 0.324 e. The molecule has 9 nitrogen and oxygen atoms in total. The van der Waals surface area contributed by atoms with Crippen LogP contribution < -0.4 is 4.90 Å². The van der Waals surface area contributed by atoms with Crippen molar-refractivity contribution in [3.05, 3.63) is 76.5 Å². The minimum absolute atomic E-state index is 0.148. The van der Waals surface area contributed by atoms with Gasteiger partial charge in [0.2, 0.25) is 18.1 Å². The highest BCUT2D eigenvalue weighted by molar-refractivity contribution is 9.10. The third-order valence-electron chi connectivity index (χ3n) is 7.57. The van der Waals surface area contributed by atoms with E-state index in [2.05, 4.69) is 15.9 Å². The number of carbonyl (C=O) groups excluding carboxylic acids is 3. The minimum Gasteiger partial charge on any atom is -0.465 e. The third kappa shape index (κ3) is 4.49. The van der Waals surface area contributed by atoms with Crippen LogP contribution in [0.3, 0.4) is 0 Å². The topological polar surface area (TPSA) is 94.6 Å². The summed E-state index contributed by atoms with van der Waals surface area (Å²) in [7, 11) is 0. The van der Waals surface area contributed by atoms with Crippen LogP contribution >= 0.6 is 15.9 Å². The number of hydrogen-bond donors (Lipinski definition) is 0. The number of imide groups is 1. The summed E-state index contributed by atoms with van der Waals surface area (Å²) in [5.41, 5.74) is 1.37. The Kier molecular flexibility index (Phi) is 6.61. The molecule has 0 bridgehead atoms. The van der Waals surface area contributed by atoms with E-state index >= 15 is 0 Å². The van der Waals surface area contributed by atoms with Crippen LogP contribution in [0.1, 0.15) is 26.3 Å². The molecule has 2 aromatic carbocycles. The van der Waals surface area contributed by atoms with Gasteiger partial charge in [0.15, 0.2) is 5.79 Å². The largest absolute Gasteiger partial charge is 0.465 e. The van der Waals surface area contributed by atoms with E-state index in [0.29, 0.717) is 18.0 Å². The molecule has 204 valence electrons. The number of nitrogens with zero attached hydrogens (tertiary/aromatic N) is 2. The van der Waals surface area contributed by atoms with Crippen LogP contribution in [0.2, 0.25) is 0 Å². The van der Waals surface area contributed by atoms with E-state index in [4.69, 9.17) is 18.9 Å². The zero-order valence-electron chi connectivity index (χ0n) is 21.8. The molecule has 2 amide bonds. The Labute approximate surface area is 234 Å². The highest BCUT2D eigenvalue weighted by Gasteiger charge is 2.66. The second-order valence-corrected chi connectivity index (χ2v) is 11.4. The number of amides is 2. The Hall–Kier alpha value is -3.05. The van der Waals surface area contributed by atoms with Crippen LogP contribution in [0.25, 0.3) is 0 Å². The molecule has 0 aromatic heterocycles. The molecule has 4 aliphatic rings. The van der Waals surface area contributed by atoms with Crippen molar-refractivity contribution in [1.29, 1.82) is 0 Å². The summed E-state index contributed by atoms with van der Waals surface area (Å²) in [6.45, 7) is 5.79. The third-order valence-corrected chi connectivity index (χ3v) is 8.10. The molecule has 3 fully saturated rings. The molecule has 0 saturated carbocycles. The number of ether oxygens (including phenoxy) is 4. The first-order chi connectivity index (χ1) is 18.7. The monoisotopic (exact) mass is 596 g/mol. The lowest BCUT2D eigenvalue weighted by molar-refractivity contribution is -0.184. The Morgan fingerprint density at radius 2 is 1.69 bits per heavy atom. The predicted molar refractivity (Wildman–Crippen MR) is 143 cm³/mol. The van der Waals surface area contributed by atoms with Crippen molar-refractivity contribution in [2.24, 2.45) is 11.8 Å². The van der Waals surface area contributed by atoms with Crippen molar-refractivity contribution in [1.82, 2.24) is 4.90 Å². The zero-order valence-corrected chi connectivity index (χ0v) is 23.4. The van der Waals surface area contributed by atoms with Crippen molar-refractivity contribution in [2.45, 2.75) is 57.6 Å². The van der Waals surface area contributed by atoms with Crippen LogP contribution in [0.5, 0.6) is 0 Å². The summed E-state index contributed by atoms with van der Waals surface area (Å²) in [6, 6.07) is 14.9. The second kappa shape index (κ2) is 9.85. The van der Waals surface area contributed by atoms with E-state index in [1.165, 1.54) is 4.90 Å². The number of halogens is 1. The Morgan fingerprint density at radius 3 is 2.36 bits per heavy atom. The molecule has 2 unspecified atom stereocenters. The van der Waals surface area contributed by atoms with Gasteiger partial charge >= 0.3 is 5.97 Å². The summed E-state index contributed by atoms with van der Waals surface area (Å²) in [4.78, 5) is 44.7. The van der Waals surface area contributed by atoms with Gasteiger partial charge in [0.25, 0.3) is 0 Å². The van der Waals surface area contributed by atoms with Gasteiger partial charge in [0.05, 0.1) is 30.2 Å². The summed E-state index contributed by atoms with van der Waals surface area (Å²) < 4.78 is 24.4. The molecular formula is C29H29BrN2O7. The molecule has 4 heterocycles. The van der Waals surface area contributed by atoms with Crippen LogP contribution in [0.15, 0.2) is 70.9 Å². The van der Waals surface area contributed by atoms with Gasteiger partial charge in [0.1, 0.15) is 17.9 Å². The SMILES string of the molecule is CCOC(=O)[C@H]1C2C(=O)N(c3ccc(Br)cc3)C(=O)C2[C@H](C2=C[C@H]3OC(C)(C)O[C@H]3O2)N1Cc1ccccc1. The quantitative estimate of drug-likeness (QED) is 0.367. The van der Waals surface area contributed by atoms with E-state index in [1.54, 1.807) is 31.2 Å². The van der Waals surface area contributed by atoms with Gasteiger partial charge in [0, 0.05) is 11.0 Å². The summed E-state index contributed by atoms with van der Waals surface area (Å²) in [5.74, 6) is -3.53. The highest BCUT2D eigenvalue weighted by atomic mass is 79.9. The molecular weight excluding hydrogens is 568 g/mol. The van der Waals surface area contributed by atoms with Crippen molar-refractivity contribution < 1.29 is 33.3 Å². The number of carbonyl (C=O) groups is 3. The molecule has 10 heteroatoms. The summed E-state index contributed by atoms with van der Waals surface area (Å²) >= 11 is 3.40. The number of rotatable bonds is 6. The average Bonchev–Trinajstić information content (AvgIpc) is 3.57. The Morgan fingerprint density at radius 1 is 1.00 bits per heavy atom. The first-order valence-corrected chi connectivity index (χ1v) is 13.8. The predicted octanol–water partition coefficient (Wildman–Crippen LogP) is 3.76. The van der Waals surface area contributed by atoms with E-state index in [-0.39, 0.29) is 12.5 Å². The Balaban J connectivity index is 1.44. The van der Waals surface area contributed by atoms with Crippen LogP contribution in [0.4, 0.5) is 5.69 Å². The fraction of sp³-hybridized carbons (Fsp3) is 0.414. The number of fused-ring (bicyclic) bond motifs is 2. The lowest BCUT2D eigenvalue weighted by atomic mass is 9.88. The summed E-state index contributed by atoms with van der Waals surface area (Å²) in [5, 5.41) is 0. The van der Waals surface area contributed by atoms with Gasteiger partial charge in [-0.1, -0.05) is 46.3 Å². The molecule has 0 N–H and O–H groups in total. The molecule has 0 aliphatic carbocycles. The smallest absolute Gasteiger partial charge is 0.324 e. The lowest BCUT2D eigenvalue weighted by Crippen LogP contribution is -2.49. The molecule has 2 aromatic rings. The van der Waals surface area contributed by atoms with Gasteiger partial charge in [-0.3, -0.25) is 19.3 Å². The fourth-order valence-corrected chi connectivity index (χ4v) is 6.38. The molecule has 6 rings (SSSR count). The zero-order chi connectivity index (χ0) is 27.5. The van der Waals surface area contributed by atoms with Gasteiger partial charge in [-0.25, -0.2) is 4.90 Å². The molecule has 39 heavy (non-hydrogen) atoms. The average molecular weight is 597 g/mol. The van der Waals surface area contributed by atoms with E-state index in [9.17, 15) is 14.4 Å². The normalized spacial score (nSPS) is 31.2. The van der Waals surface area contributed by atoms with Crippen molar-refractivity contribution in [3.63, 3.8) is 0 Å².